The fourth-order valence-corrected chi connectivity index (χ4v) is 16.8. The van der Waals surface area contributed by atoms with Crippen LogP contribution in [-0.2, 0) is 42.3 Å². The van der Waals surface area contributed by atoms with Gasteiger partial charge in [0.2, 0.25) is 39.9 Å². The third-order valence-electron chi connectivity index (χ3n) is 23.1. The molecule has 0 aliphatic carbocycles. The van der Waals surface area contributed by atoms with Crippen molar-refractivity contribution in [1.82, 2.24) is 54.9 Å². The summed E-state index contributed by atoms with van der Waals surface area (Å²) in [7, 11) is 12.0. The highest BCUT2D eigenvalue weighted by Crippen LogP contribution is 2.43. The molecule has 0 saturated heterocycles. The average molecular weight is 2020 g/mol. The number of fused-ring (bicyclic) bond motifs is 18. The summed E-state index contributed by atoms with van der Waals surface area (Å²) in [6.07, 6.45) is 38.2. The van der Waals surface area contributed by atoms with Crippen molar-refractivity contribution in [1.29, 1.82) is 0 Å². The van der Waals surface area contributed by atoms with Crippen molar-refractivity contribution in [3.63, 3.8) is 0 Å². The van der Waals surface area contributed by atoms with E-state index in [1.807, 2.05) is 319 Å². The Kier molecular flexibility index (Phi) is 49.2. The van der Waals surface area contributed by atoms with Crippen molar-refractivity contribution in [3.05, 3.63) is 334 Å². The lowest BCUT2D eigenvalue weighted by atomic mass is 10.0. The topological polar surface area (TPSA) is 244 Å². The van der Waals surface area contributed by atoms with Crippen molar-refractivity contribution >= 4 is 132 Å². The molecule has 24 aromatic rings. The highest BCUT2D eigenvalue weighted by Gasteiger charge is 2.28. The van der Waals surface area contributed by atoms with Gasteiger partial charge in [-0.25, -0.2) is 28.7 Å². The smallest absolute Gasteiger partial charge is 0.286 e. The summed E-state index contributed by atoms with van der Waals surface area (Å²) in [5.74, 6) is 0. The summed E-state index contributed by atoms with van der Waals surface area (Å²) in [5, 5.41) is 17.4. The number of aryl methyl sites for hydroxylation is 12. The Morgan fingerprint density at radius 2 is 0.440 bits per heavy atom. The largest absolute Gasteiger partial charge is 0.454 e. The van der Waals surface area contributed by atoms with Gasteiger partial charge in [0.25, 0.3) is 12.7 Å². The fourth-order valence-electron chi connectivity index (χ4n) is 16.8. The van der Waals surface area contributed by atoms with Crippen LogP contribution in [0.1, 0.15) is 200 Å². The summed E-state index contributed by atoms with van der Waals surface area (Å²) < 4.78 is 48.4. The molecule has 0 fully saturated rings. The quantitative estimate of drug-likeness (QED) is 0.140. The highest BCUT2D eigenvalue weighted by atomic mass is 16.4. The molecule has 150 heavy (non-hydrogen) atoms. The zero-order chi connectivity index (χ0) is 110. The van der Waals surface area contributed by atoms with Gasteiger partial charge in [0.15, 0.2) is 53.6 Å². The molecule has 0 bridgehead atoms. The first-order valence-electron chi connectivity index (χ1n) is 53.1. The standard InChI is InChI=1S/C18H15N2O.5C17H14N3O.12C2H6/c1-12-6-7-14-13-8-9-19-11-16(13)21-18(14)17(12)15-5-3-4-10-20(15)2;1-11-7-8-12-13-5-3-9-18-17(13)21-16(12)15(11)14-6-4-10-19-20(14)2;1-11-3-4-13-12-5-7-18-9-15(12)21-17(13)16(11)14-6-8-19-10-20(14)2;1-11-3-4-13-12-5-6-18-10-15(12)21-17(13)16(11)14-9-19-7-8-20(14)2;1-11-5-6-12-13-4-3-8-19-17(13)21-16(12)15(11)14-7-9-18-10-20(14)2;1-11-5-6-12-13-4-3-7-19-17(13)21-16(12)15(11)14-10-18-8-9-20(14)2;12*1-2/h3-11H,1-2H3;5*3-10H,1-2H3;12*1-2H3/q6*+1;;;;;;;;;;;;. The number of aromatic nitrogens is 17. The van der Waals surface area contributed by atoms with E-state index in [9.17, 15) is 0 Å². The van der Waals surface area contributed by atoms with E-state index < -0.39 is 0 Å². The molecule has 18 aromatic heterocycles. The van der Waals surface area contributed by atoms with E-state index in [1.165, 1.54) is 16.7 Å². The summed E-state index contributed by atoms with van der Waals surface area (Å²) in [6, 6.07) is 57.5. The summed E-state index contributed by atoms with van der Waals surface area (Å²) >= 11 is 0. The molecule has 0 aliphatic rings. The first-order chi connectivity index (χ1) is 73.5. The van der Waals surface area contributed by atoms with E-state index >= 15 is 0 Å². The maximum atomic E-state index is 6.10. The molecule has 0 amide bonds. The second-order valence-corrected chi connectivity index (χ2v) is 31.1. The molecule has 0 N–H and O–H groups in total. The van der Waals surface area contributed by atoms with Gasteiger partial charge < -0.3 is 26.5 Å². The Labute approximate surface area is 886 Å². The zero-order valence-electron chi connectivity index (χ0n) is 95.3. The summed E-state index contributed by atoms with van der Waals surface area (Å²) in [5.41, 5.74) is 29.8. The second kappa shape index (κ2) is 61.2. The molecule has 0 radical (unpaired) electrons. The van der Waals surface area contributed by atoms with E-state index in [-0.39, 0.29) is 0 Å². The lowest BCUT2D eigenvalue weighted by Gasteiger charge is -2.06. The summed E-state index contributed by atoms with van der Waals surface area (Å²) in [4.78, 5) is 42.2. The molecule has 0 unspecified atom stereocenters. The van der Waals surface area contributed by atoms with Gasteiger partial charge >= 0.3 is 0 Å². The van der Waals surface area contributed by atoms with Gasteiger partial charge in [-0.05, 0) is 147 Å². The predicted molar refractivity (Wildman–Crippen MR) is 622 cm³/mol. The molecule has 24 rings (SSSR count). The SMILES string of the molecule is CC.CC.CC.CC.CC.CC.CC.CC.CC.CC.CC.CC.Cc1ccc2c(oc3cnccc32)c1-c1cccc[n+]1C.Cc1ccc2c(oc3cnccc32)c1-c1ccnc[n+]1C.Cc1ccc2c(oc3cnccc32)c1-c1cncc[n+]1C.Cc1ccc2c(oc3ncccc32)c1-c1cccn[n+]1C.Cc1ccc2c(oc3ncccc32)c1-c1ccnc[n+]1C.Cc1ccc2c(oc3ncccc32)c1-c1cncc[n+]1C. The zero-order valence-corrected chi connectivity index (χ0v) is 95.3. The van der Waals surface area contributed by atoms with E-state index in [0.717, 1.165) is 199 Å². The number of nitrogens with zero attached hydrogens (tertiary/aromatic N) is 17. The van der Waals surface area contributed by atoms with Crippen LogP contribution >= 0.6 is 0 Å². The molecule has 23 heteroatoms. The Morgan fingerprint density at radius 3 is 0.733 bits per heavy atom. The minimum absolute atomic E-state index is 0.672. The van der Waals surface area contributed by atoms with Gasteiger partial charge in [-0.1, -0.05) is 254 Å². The van der Waals surface area contributed by atoms with Crippen molar-refractivity contribution in [2.24, 2.45) is 42.3 Å². The van der Waals surface area contributed by atoms with E-state index in [0.29, 0.717) is 17.1 Å². The average Bonchev–Trinajstić information content (AvgIpc) is 1.62. The van der Waals surface area contributed by atoms with Crippen LogP contribution < -0.4 is 27.5 Å². The maximum Gasteiger partial charge on any atom is 0.286 e. The van der Waals surface area contributed by atoms with Gasteiger partial charge in [0, 0.05) is 132 Å². The number of hydrogen-bond donors (Lipinski definition) is 0. The van der Waals surface area contributed by atoms with Gasteiger partial charge in [-0.2, -0.15) is 9.13 Å². The van der Waals surface area contributed by atoms with Gasteiger partial charge in [0.05, 0.1) is 97.1 Å². The van der Waals surface area contributed by atoms with Crippen molar-refractivity contribution in [2.75, 3.05) is 0 Å². The van der Waals surface area contributed by atoms with Crippen molar-refractivity contribution in [2.45, 2.75) is 208 Å². The first-order valence-corrected chi connectivity index (χ1v) is 53.1. The minimum Gasteiger partial charge on any atom is -0.454 e. The van der Waals surface area contributed by atoms with Gasteiger partial charge in [0.1, 0.15) is 67.3 Å². The third kappa shape index (κ3) is 26.8. The van der Waals surface area contributed by atoms with Crippen LogP contribution in [0.2, 0.25) is 0 Å². The normalized spacial score (nSPS) is 10.0. The Bertz CT molecular complexity index is 7090. The number of pyridine rings is 7. The van der Waals surface area contributed by atoms with E-state index in [4.69, 9.17) is 26.5 Å². The highest BCUT2D eigenvalue weighted by molar-refractivity contribution is 6.14. The van der Waals surface area contributed by atoms with Gasteiger partial charge in [-0.3, -0.25) is 24.9 Å². The molecule has 780 valence electrons. The van der Waals surface area contributed by atoms with Gasteiger partial charge in [-0.15, -0.1) is 0 Å². The molecular weight excluding hydrogens is 1860 g/mol. The van der Waals surface area contributed by atoms with Crippen LogP contribution in [0.3, 0.4) is 0 Å². The van der Waals surface area contributed by atoms with Crippen molar-refractivity contribution in [3.8, 4) is 67.5 Å². The molecule has 18 heterocycles. The lowest BCUT2D eigenvalue weighted by Crippen LogP contribution is -2.35. The second-order valence-electron chi connectivity index (χ2n) is 31.1. The van der Waals surface area contributed by atoms with E-state index in [2.05, 4.69) is 214 Å². The Morgan fingerprint density at radius 1 is 0.187 bits per heavy atom. The minimum atomic E-state index is 0.672. The van der Waals surface area contributed by atoms with Crippen LogP contribution in [0, 0.1) is 41.5 Å². The maximum absolute atomic E-state index is 6.10. The van der Waals surface area contributed by atoms with Crippen LogP contribution in [-0.4, -0.2) is 54.9 Å². The molecule has 0 saturated carbocycles. The monoisotopic (exact) mass is 2020 g/mol. The van der Waals surface area contributed by atoms with Crippen LogP contribution in [0.4, 0.5) is 0 Å². The van der Waals surface area contributed by atoms with Crippen LogP contribution in [0.5, 0.6) is 0 Å². The molecule has 0 atom stereocenters. The number of furan rings is 6. The fraction of sp³-hybridized carbons (Fsp3) is 0.283. The Hall–Kier alpha value is -16.4. The molecule has 23 nitrogen and oxygen atoms in total. The molecule has 0 aliphatic heterocycles. The predicted octanol–water partition coefficient (Wildman–Crippen LogP) is 32.0. The first kappa shape index (κ1) is 121. The Balaban J connectivity index is 0.000000233. The van der Waals surface area contributed by atoms with Crippen LogP contribution in [0.25, 0.3) is 200 Å². The van der Waals surface area contributed by atoms with E-state index in [1.54, 1.807) is 99.4 Å². The number of rotatable bonds is 6. The number of benzene rings is 6. The summed E-state index contributed by atoms with van der Waals surface area (Å²) in [6.45, 7) is 60.6. The third-order valence-corrected chi connectivity index (χ3v) is 23.1. The molecule has 0 spiro atoms. The molecular formula is C127H157N17O6+6. The molecule has 6 aromatic carbocycles. The van der Waals surface area contributed by atoms with Crippen molar-refractivity contribution < 1.29 is 54.0 Å². The lowest BCUT2D eigenvalue weighted by molar-refractivity contribution is -0.720. The van der Waals surface area contributed by atoms with Crippen LogP contribution in [0.15, 0.2) is 327 Å². The number of hydrogen-bond acceptors (Lipinski definition) is 17.